The van der Waals surface area contributed by atoms with Crippen LogP contribution in [0.1, 0.15) is 78.2 Å². The highest BCUT2D eigenvalue weighted by molar-refractivity contribution is 5.74. The van der Waals surface area contributed by atoms with Crippen molar-refractivity contribution in [3.05, 3.63) is 29.8 Å². The van der Waals surface area contributed by atoms with Gasteiger partial charge in [0.05, 0.1) is 6.61 Å². The van der Waals surface area contributed by atoms with Crippen LogP contribution in [0.2, 0.25) is 0 Å². The van der Waals surface area contributed by atoms with Crippen LogP contribution in [-0.4, -0.2) is 43.2 Å². The van der Waals surface area contributed by atoms with Gasteiger partial charge in [0.2, 0.25) is 5.91 Å². The molecule has 0 aliphatic heterocycles. The molecule has 1 amide bonds. The molecule has 0 fully saturated rings. The first kappa shape index (κ1) is 27.5. The van der Waals surface area contributed by atoms with E-state index >= 15 is 0 Å². The van der Waals surface area contributed by atoms with E-state index in [0.717, 1.165) is 17.7 Å². The van der Waals surface area contributed by atoms with Crippen LogP contribution in [0.25, 0.3) is 0 Å². The SMILES string of the molecule is CCCCCCCCOc1ccc(CCC(COC(C)=O)(COC(C)=O)NC(C)=O)cc1. The van der Waals surface area contributed by atoms with E-state index in [1.807, 2.05) is 24.3 Å². The minimum atomic E-state index is -0.990. The molecule has 1 rings (SSSR count). The second-order valence-corrected chi connectivity index (χ2v) is 8.28. The lowest BCUT2D eigenvalue weighted by atomic mass is 9.92. The van der Waals surface area contributed by atoms with Crippen molar-refractivity contribution in [3.8, 4) is 5.75 Å². The fourth-order valence-corrected chi connectivity index (χ4v) is 3.38. The summed E-state index contributed by atoms with van der Waals surface area (Å²) in [5.41, 5.74) is 0.0492. The maximum atomic E-state index is 11.8. The van der Waals surface area contributed by atoms with Gasteiger partial charge in [0.1, 0.15) is 24.5 Å². The molecule has 0 aliphatic rings. The molecule has 0 atom stereocenters. The Labute approximate surface area is 192 Å². The second kappa shape index (κ2) is 15.3. The van der Waals surface area contributed by atoms with E-state index in [1.54, 1.807) is 0 Å². The molecule has 32 heavy (non-hydrogen) atoms. The minimum absolute atomic E-state index is 0.0748. The smallest absolute Gasteiger partial charge is 0.302 e. The second-order valence-electron chi connectivity index (χ2n) is 8.28. The number of hydrogen-bond donors (Lipinski definition) is 1. The molecule has 1 aromatic carbocycles. The average molecular weight is 450 g/mol. The fourth-order valence-electron chi connectivity index (χ4n) is 3.38. The van der Waals surface area contributed by atoms with Gasteiger partial charge in [0.15, 0.2) is 0 Å². The van der Waals surface area contributed by atoms with Gasteiger partial charge in [-0.3, -0.25) is 14.4 Å². The van der Waals surface area contributed by atoms with E-state index in [1.165, 1.54) is 52.9 Å². The summed E-state index contributed by atoms with van der Waals surface area (Å²) in [7, 11) is 0. The first-order valence-electron chi connectivity index (χ1n) is 11.5. The number of hydrogen-bond acceptors (Lipinski definition) is 6. The lowest BCUT2D eigenvalue weighted by molar-refractivity contribution is -0.150. The Bertz CT molecular complexity index is 683. The summed E-state index contributed by atoms with van der Waals surface area (Å²) in [5, 5.41) is 2.82. The standard InChI is InChI=1S/C25H39NO6/c1-5-6-7-8-9-10-17-30-24-13-11-23(12-14-24)15-16-25(26-20(2)27,18-31-21(3)28)19-32-22(4)29/h11-14H,5-10,15-19H2,1-4H3,(H,26,27). The van der Waals surface area contributed by atoms with Crippen LogP contribution in [0.3, 0.4) is 0 Å². The molecule has 180 valence electrons. The summed E-state index contributed by atoms with van der Waals surface area (Å²) in [4.78, 5) is 34.5. The number of benzene rings is 1. The van der Waals surface area contributed by atoms with Crippen LogP contribution in [0.5, 0.6) is 5.75 Å². The predicted octanol–water partition coefficient (Wildman–Crippen LogP) is 4.36. The van der Waals surface area contributed by atoms with Crippen LogP contribution < -0.4 is 10.1 Å². The van der Waals surface area contributed by atoms with Crippen molar-refractivity contribution in [1.29, 1.82) is 0 Å². The maximum Gasteiger partial charge on any atom is 0.302 e. The molecule has 0 bridgehead atoms. The van der Waals surface area contributed by atoms with E-state index in [4.69, 9.17) is 14.2 Å². The number of rotatable bonds is 16. The molecule has 0 aliphatic carbocycles. The quantitative estimate of drug-likeness (QED) is 0.298. The van der Waals surface area contributed by atoms with Gasteiger partial charge >= 0.3 is 11.9 Å². The van der Waals surface area contributed by atoms with Gasteiger partial charge < -0.3 is 19.5 Å². The normalized spacial score (nSPS) is 11.0. The molecule has 0 aromatic heterocycles. The number of unbranched alkanes of at least 4 members (excludes halogenated alkanes) is 5. The van der Waals surface area contributed by atoms with Crippen LogP contribution in [0, 0.1) is 0 Å². The van der Waals surface area contributed by atoms with Gasteiger partial charge in [0, 0.05) is 20.8 Å². The van der Waals surface area contributed by atoms with Crippen LogP contribution in [-0.2, 0) is 30.3 Å². The highest BCUT2D eigenvalue weighted by Crippen LogP contribution is 2.20. The van der Waals surface area contributed by atoms with Gasteiger partial charge in [-0.05, 0) is 37.0 Å². The minimum Gasteiger partial charge on any atom is -0.494 e. The number of amides is 1. The first-order valence-corrected chi connectivity index (χ1v) is 11.5. The van der Waals surface area contributed by atoms with E-state index in [0.29, 0.717) is 19.4 Å². The van der Waals surface area contributed by atoms with E-state index < -0.39 is 17.5 Å². The third-order valence-electron chi connectivity index (χ3n) is 5.13. The van der Waals surface area contributed by atoms with Crippen molar-refractivity contribution in [2.24, 2.45) is 0 Å². The van der Waals surface area contributed by atoms with E-state index in [-0.39, 0.29) is 19.1 Å². The highest BCUT2D eigenvalue weighted by Gasteiger charge is 2.34. The Morgan fingerprint density at radius 3 is 1.94 bits per heavy atom. The highest BCUT2D eigenvalue weighted by atomic mass is 16.5. The molecule has 0 heterocycles. The third kappa shape index (κ3) is 12.3. The van der Waals surface area contributed by atoms with Crippen LogP contribution >= 0.6 is 0 Å². The zero-order valence-electron chi connectivity index (χ0n) is 20.0. The summed E-state index contributed by atoms with van der Waals surface area (Å²) in [5.74, 6) is -0.387. The lowest BCUT2D eigenvalue weighted by Gasteiger charge is -2.33. The third-order valence-corrected chi connectivity index (χ3v) is 5.13. The molecular weight excluding hydrogens is 410 g/mol. The Hall–Kier alpha value is -2.57. The average Bonchev–Trinajstić information content (AvgIpc) is 2.74. The molecule has 0 saturated carbocycles. The zero-order chi connectivity index (χ0) is 23.8. The lowest BCUT2D eigenvalue weighted by Crippen LogP contribution is -2.55. The summed E-state index contributed by atoms with van der Waals surface area (Å²) in [6, 6.07) is 7.83. The first-order chi connectivity index (χ1) is 15.3. The van der Waals surface area contributed by atoms with Crippen molar-refractivity contribution >= 4 is 17.8 Å². The van der Waals surface area contributed by atoms with Gasteiger partial charge in [0.25, 0.3) is 0 Å². The van der Waals surface area contributed by atoms with Gasteiger partial charge in [-0.15, -0.1) is 0 Å². The molecule has 1 N–H and O–H groups in total. The molecule has 0 radical (unpaired) electrons. The van der Waals surface area contributed by atoms with Gasteiger partial charge in [-0.2, -0.15) is 0 Å². The van der Waals surface area contributed by atoms with E-state index in [9.17, 15) is 14.4 Å². The largest absolute Gasteiger partial charge is 0.494 e. The topological polar surface area (TPSA) is 90.9 Å². The molecule has 1 aromatic rings. The summed E-state index contributed by atoms with van der Waals surface area (Å²) < 4.78 is 16.2. The zero-order valence-corrected chi connectivity index (χ0v) is 20.0. The van der Waals surface area contributed by atoms with Crippen molar-refractivity contribution in [2.75, 3.05) is 19.8 Å². The Kier molecular flexibility index (Phi) is 13.1. The number of ether oxygens (including phenoxy) is 3. The maximum absolute atomic E-state index is 11.8. The number of carbonyl (C=O) groups excluding carboxylic acids is 3. The Morgan fingerprint density at radius 2 is 1.41 bits per heavy atom. The summed E-state index contributed by atoms with van der Waals surface area (Å²) >= 11 is 0. The number of aryl methyl sites for hydroxylation is 1. The monoisotopic (exact) mass is 449 g/mol. The Morgan fingerprint density at radius 1 is 0.844 bits per heavy atom. The molecule has 0 saturated heterocycles. The molecular formula is C25H39NO6. The molecule has 0 unspecified atom stereocenters. The Balaban J connectivity index is 2.64. The van der Waals surface area contributed by atoms with Crippen molar-refractivity contribution in [2.45, 2.75) is 84.6 Å². The summed E-state index contributed by atoms with van der Waals surface area (Å²) in [6.07, 6.45) is 8.37. The van der Waals surface area contributed by atoms with Crippen molar-refractivity contribution in [1.82, 2.24) is 5.32 Å². The van der Waals surface area contributed by atoms with Crippen LogP contribution in [0.15, 0.2) is 24.3 Å². The number of nitrogens with one attached hydrogen (secondary N) is 1. The number of carbonyl (C=O) groups is 3. The molecule has 0 spiro atoms. The van der Waals surface area contributed by atoms with Crippen molar-refractivity contribution in [3.63, 3.8) is 0 Å². The molecule has 7 heteroatoms. The van der Waals surface area contributed by atoms with E-state index in [2.05, 4.69) is 12.2 Å². The number of esters is 2. The predicted molar refractivity (Wildman–Crippen MR) is 123 cm³/mol. The van der Waals surface area contributed by atoms with Crippen LogP contribution in [0.4, 0.5) is 0 Å². The summed E-state index contributed by atoms with van der Waals surface area (Å²) in [6.45, 7) is 6.76. The van der Waals surface area contributed by atoms with Crippen molar-refractivity contribution < 1.29 is 28.6 Å². The van der Waals surface area contributed by atoms with Gasteiger partial charge in [-0.25, -0.2) is 0 Å². The fraction of sp³-hybridized carbons (Fsp3) is 0.640. The molecule has 7 nitrogen and oxygen atoms in total. The van der Waals surface area contributed by atoms with Gasteiger partial charge in [-0.1, -0.05) is 51.2 Å².